The van der Waals surface area contributed by atoms with Gasteiger partial charge in [-0.1, -0.05) is 17.7 Å². The van der Waals surface area contributed by atoms with Crippen molar-refractivity contribution in [2.75, 3.05) is 13.2 Å². The predicted molar refractivity (Wildman–Crippen MR) is 90.6 cm³/mol. The molecule has 1 unspecified atom stereocenters. The lowest BCUT2D eigenvalue weighted by Gasteiger charge is -2.21. The summed E-state index contributed by atoms with van der Waals surface area (Å²) in [7, 11) is -4.53. The van der Waals surface area contributed by atoms with Gasteiger partial charge in [0.05, 0.1) is 18.1 Å². The fourth-order valence-electron chi connectivity index (χ4n) is 2.11. The number of rotatable bonds is 10. The molecule has 1 atom stereocenters. The van der Waals surface area contributed by atoms with Crippen molar-refractivity contribution in [1.82, 2.24) is 0 Å². The van der Waals surface area contributed by atoms with Gasteiger partial charge in [-0.3, -0.25) is 13.8 Å². The number of ether oxygens (including phenoxy) is 2. The first kappa shape index (κ1) is 23.0. The number of alkyl halides is 2. The van der Waals surface area contributed by atoms with Gasteiger partial charge in [-0.05, 0) is 32.9 Å². The second-order valence-corrected chi connectivity index (χ2v) is 7.10. The van der Waals surface area contributed by atoms with Gasteiger partial charge in [-0.15, -0.1) is 0 Å². The van der Waals surface area contributed by atoms with Crippen LogP contribution in [0.1, 0.15) is 25.8 Å². The Morgan fingerprint density at radius 1 is 1.00 bits per heavy atom. The van der Waals surface area contributed by atoms with Gasteiger partial charge in [-0.25, -0.2) is 8.78 Å². The second kappa shape index (κ2) is 10.3. The molecule has 0 spiro atoms. The molecule has 0 aliphatic carbocycles. The minimum atomic E-state index is -4.53. The third kappa shape index (κ3) is 6.87. The first-order valence-electron chi connectivity index (χ1n) is 8.23. The number of halogens is 2. The Morgan fingerprint density at radius 2 is 1.48 bits per heavy atom. The summed E-state index contributed by atoms with van der Waals surface area (Å²) in [6.07, 6.45) is -6.40. The summed E-state index contributed by atoms with van der Waals surface area (Å²) in [6, 6.07) is 5.38. The molecule has 1 aromatic rings. The molecule has 1 rings (SSSR count). The van der Waals surface area contributed by atoms with Gasteiger partial charge in [0.2, 0.25) is 0 Å². The van der Waals surface area contributed by atoms with Gasteiger partial charge in [0.25, 0.3) is 16.5 Å². The Kier molecular flexibility index (Phi) is 8.77. The molecule has 1 aromatic carbocycles. The van der Waals surface area contributed by atoms with Gasteiger partial charge in [0.1, 0.15) is 6.10 Å². The predicted octanol–water partition coefficient (Wildman–Crippen LogP) is 2.47. The summed E-state index contributed by atoms with van der Waals surface area (Å²) >= 11 is 0. The lowest BCUT2D eigenvalue weighted by atomic mass is 10.0. The van der Waals surface area contributed by atoms with E-state index in [0.29, 0.717) is 0 Å². The van der Waals surface area contributed by atoms with Gasteiger partial charge in [0.15, 0.2) is 5.92 Å². The second-order valence-electron chi connectivity index (χ2n) is 5.53. The highest BCUT2D eigenvalue weighted by Gasteiger charge is 2.38. The van der Waals surface area contributed by atoms with Crippen molar-refractivity contribution in [2.24, 2.45) is 5.92 Å². The highest BCUT2D eigenvalue weighted by molar-refractivity contribution is 7.86. The summed E-state index contributed by atoms with van der Waals surface area (Å²) in [5.41, 5.74) is 0.768. The average molecular weight is 408 g/mol. The van der Waals surface area contributed by atoms with Gasteiger partial charge in [-0.2, -0.15) is 8.42 Å². The van der Waals surface area contributed by atoms with Crippen LogP contribution in [0, 0.1) is 12.8 Å². The Hall–Kier alpha value is -2.07. The number of esters is 2. The molecule has 27 heavy (non-hydrogen) atoms. The van der Waals surface area contributed by atoms with Crippen LogP contribution in [-0.2, 0) is 33.4 Å². The maximum atomic E-state index is 13.4. The zero-order chi connectivity index (χ0) is 20.6. The van der Waals surface area contributed by atoms with Crippen molar-refractivity contribution in [2.45, 2.75) is 44.6 Å². The SMILES string of the molecule is CCOC(=O)C(CC(OS(=O)(=O)c1ccc(C)cc1)C(F)F)C(=O)OCC. The molecule has 0 amide bonds. The fraction of sp³-hybridized carbons (Fsp3) is 0.529. The number of carbonyl (C=O) groups is 2. The number of carbonyl (C=O) groups excluding carboxylic acids is 2. The highest BCUT2D eigenvalue weighted by Crippen LogP contribution is 2.24. The Balaban J connectivity index is 3.05. The molecule has 0 fully saturated rings. The topological polar surface area (TPSA) is 96.0 Å². The molecule has 152 valence electrons. The van der Waals surface area contributed by atoms with Crippen molar-refractivity contribution in [3.8, 4) is 0 Å². The summed E-state index contributed by atoms with van der Waals surface area (Å²) in [4.78, 5) is 23.5. The highest BCUT2D eigenvalue weighted by atomic mass is 32.2. The molecule has 0 N–H and O–H groups in total. The van der Waals surface area contributed by atoms with Crippen LogP contribution >= 0.6 is 0 Å². The van der Waals surface area contributed by atoms with Crippen LogP contribution in [-0.4, -0.2) is 46.1 Å². The monoisotopic (exact) mass is 408 g/mol. The van der Waals surface area contributed by atoms with E-state index >= 15 is 0 Å². The summed E-state index contributed by atoms with van der Waals surface area (Å²) in [5.74, 6) is -3.90. The molecular weight excluding hydrogens is 386 g/mol. The van der Waals surface area contributed by atoms with Crippen LogP contribution in [0.2, 0.25) is 0 Å². The van der Waals surface area contributed by atoms with E-state index in [1.807, 2.05) is 0 Å². The van der Waals surface area contributed by atoms with E-state index in [-0.39, 0.29) is 18.1 Å². The van der Waals surface area contributed by atoms with Crippen molar-refractivity contribution < 1.29 is 40.4 Å². The lowest BCUT2D eigenvalue weighted by Crippen LogP contribution is -2.36. The van der Waals surface area contributed by atoms with E-state index in [1.54, 1.807) is 6.92 Å². The largest absolute Gasteiger partial charge is 0.465 e. The van der Waals surface area contributed by atoms with E-state index < -0.39 is 46.9 Å². The summed E-state index contributed by atoms with van der Waals surface area (Å²) in [5, 5.41) is 0. The maximum Gasteiger partial charge on any atom is 0.320 e. The van der Waals surface area contributed by atoms with Gasteiger partial charge in [0, 0.05) is 6.42 Å². The molecule has 0 saturated heterocycles. The molecule has 7 nitrogen and oxygen atoms in total. The zero-order valence-corrected chi connectivity index (χ0v) is 16.0. The summed E-state index contributed by atoms with van der Waals surface area (Å²) in [6.45, 7) is 4.50. The smallest absolute Gasteiger partial charge is 0.320 e. The average Bonchev–Trinajstić information content (AvgIpc) is 2.58. The lowest BCUT2D eigenvalue weighted by molar-refractivity contribution is -0.163. The molecule has 0 saturated carbocycles. The van der Waals surface area contributed by atoms with Crippen LogP contribution in [0.5, 0.6) is 0 Å². The Morgan fingerprint density at radius 3 is 1.89 bits per heavy atom. The molecule has 0 heterocycles. The van der Waals surface area contributed by atoms with Crippen molar-refractivity contribution in [3.05, 3.63) is 29.8 Å². The third-order valence-corrected chi connectivity index (χ3v) is 4.80. The van der Waals surface area contributed by atoms with Crippen molar-refractivity contribution in [1.29, 1.82) is 0 Å². The third-order valence-electron chi connectivity index (χ3n) is 3.45. The van der Waals surface area contributed by atoms with Gasteiger partial charge >= 0.3 is 11.9 Å². The van der Waals surface area contributed by atoms with E-state index in [2.05, 4.69) is 4.18 Å². The molecule has 0 radical (unpaired) electrons. The number of benzene rings is 1. The molecule has 0 bridgehead atoms. The number of hydrogen-bond donors (Lipinski definition) is 0. The molecule has 0 aliphatic rings. The molecule has 0 aliphatic heterocycles. The Labute approximate surface area is 156 Å². The maximum absolute atomic E-state index is 13.4. The quantitative estimate of drug-likeness (QED) is 0.333. The molecule has 0 aromatic heterocycles. The molecular formula is C17H22F2O7S. The Bertz CT molecular complexity index is 714. The fourth-order valence-corrected chi connectivity index (χ4v) is 3.18. The van der Waals surface area contributed by atoms with Crippen LogP contribution in [0.25, 0.3) is 0 Å². The van der Waals surface area contributed by atoms with Crippen LogP contribution in [0.4, 0.5) is 8.78 Å². The standard InChI is InChI=1S/C17H22F2O7S/c1-4-24-16(20)13(17(21)25-5-2)10-14(15(18)19)26-27(22,23)12-8-6-11(3)7-9-12/h6-9,13-15H,4-5,10H2,1-3H3. The minimum absolute atomic E-state index is 0.0867. The van der Waals surface area contributed by atoms with Gasteiger partial charge < -0.3 is 9.47 Å². The van der Waals surface area contributed by atoms with E-state index in [9.17, 15) is 26.8 Å². The minimum Gasteiger partial charge on any atom is -0.465 e. The van der Waals surface area contributed by atoms with E-state index in [0.717, 1.165) is 5.56 Å². The summed E-state index contributed by atoms with van der Waals surface area (Å²) < 4.78 is 65.2. The first-order chi connectivity index (χ1) is 12.6. The van der Waals surface area contributed by atoms with E-state index in [4.69, 9.17) is 9.47 Å². The van der Waals surface area contributed by atoms with Crippen LogP contribution in [0.15, 0.2) is 29.2 Å². The number of aryl methyl sites for hydroxylation is 1. The van der Waals surface area contributed by atoms with Crippen LogP contribution in [0.3, 0.4) is 0 Å². The van der Waals surface area contributed by atoms with E-state index in [1.165, 1.54) is 38.1 Å². The first-order valence-corrected chi connectivity index (χ1v) is 9.64. The van der Waals surface area contributed by atoms with Crippen molar-refractivity contribution in [3.63, 3.8) is 0 Å². The molecule has 10 heteroatoms. The van der Waals surface area contributed by atoms with Crippen LogP contribution < -0.4 is 0 Å². The number of hydrogen-bond acceptors (Lipinski definition) is 7. The van der Waals surface area contributed by atoms with Crippen molar-refractivity contribution >= 4 is 22.1 Å². The normalized spacial score (nSPS) is 12.9. The zero-order valence-electron chi connectivity index (χ0n) is 15.2.